The van der Waals surface area contributed by atoms with Gasteiger partial charge in [-0.2, -0.15) is 5.26 Å². The van der Waals surface area contributed by atoms with Crippen molar-refractivity contribution in [2.24, 2.45) is 0 Å². The van der Waals surface area contributed by atoms with Crippen LogP contribution in [-0.2, 0) is 9.59 Å². The summed E-state index contributed by atoms with van der Waals surface area (Å²) in [5, 5.41) is 15.1. The van der Waals surface area contributed by atoms with Gasteiger partial charge in [0.1, 0.15) is 17.4 Å². The van der Waals surface area contributed by atoms with Crippen LogP contribution in [0, 0.1) is 25.2 Å². The van der Waals surface area contributed by atoms with E-state index in [2.05, 4.69) is 10.6 Å². The second-order valence-corrected chi connectivity index (χ2v) is 7.85. The first kappa shape index (κ1) is 25.8. The molecule has 8 heteroatoms. The van der Waals surface area contributed by atoms with E-state index in [4.69, 9.17) is 14.2 Å². The zero-order chi connectivity index (χ0) is 26.1. The number of amides is 2. The van der Waals surface area contributed by atoms with Gasteiger partial charge in [-0.15, -0.1) is 0 Å². The van der Waals surface area contributed by atoms with Crippen LogP contribution in [0.1, 0.15) is 16.7 Å². The molecule has 0 radical (unpaired) electrons. The number of carbonyl (C=O) groups excluding carboxylic acids is 2. The van der Waals surface area contributed by atoms with Gasteiger partial charge >= 0.3 is 0 Å². The molecule has 0 aliphatic rings. The van der Waals surface area contributed by atoms with Gasteiger partial charge in [0.25, 0.3) is 11.8 Å². The zero-order valence-electron chi connectivity index (χ0n) is 20.5. The van der Waals surface area contributed by atoms with E-state index in [1.54, 1.807) is 55.6 Å². The van der Waals surface area contributed by atoms with E-state index in [9.17, 15) is 14.9 Å². The van der Waals surface area contributed by atoms with Gasteiger partial charge in [0.15, 0.2) is 18.1 Å². The largest absolute Gasteiger partial charge is 0.497 e. The van der Waals surface area contributed by atoms with E-state index < -0.39 is 5.91 Å². The Morgan fingerprint density at radius 2 is 1.69 bits per heavy atom. The number of aryl methyl sites for hydroxylation is 1. The van der Waals surface area contributed by atoms with E-state index in [0.717, 1.165) is 11.1 Å². The number of anilines is 2. The molecule has 0 atom stereocenters. The minimum absolute atomic E-state index is 0.0644. The van der Waals surface area contributed by atoms with Crippen molar-refractivity contribution in [2.45, 2.75) is 13.8 Å². The van der Waals surface area contributed by atoms with Crippen LogP contribution in [0.3, 0.4) is 0 Å². The standard InChI is InChI=1S/C28H27N3O5/c1-18-6-5-7-24(19(18)2)31-28(33)21(16-29)14-20-8-13-25(26(15-20)35-4)36-17-27(32)30-22-9-11-23(34-3)12-10-22/h5-15H,17H2,1-4H3,(H,30,32)(H,31,33). The van der Waals surface area contributed by atoms with Gasteiger partial charge in [-0.3, -0.25) is 9.59 Å². The lowest BCUT2D eigenvalue weighted by Crippen LogP contribution is -2.20. The number of nitrogens with zero attached hydrogens (tertiary/aromatic N) is 1. The topological polar surface area (TPSA) is 110 Å². The van der Waals surface area contributed by atoms with Crippen LogP contribution in [0.5, 0.6) is 17.2 Å². The first-order chi connectivity index (χ1) is 17.3. The number of ether oxygens (including phenoxy) is 3. The molecule has 184 valence electrons. The van der Waals surface area contributed by atoms with Crippen molar-refractivity contribution in [3.63, 3.8) is 0 Å². The summed E-state index contributed by atoms with van der Waals surface area (Å²) in [5.41, 5.74) is 3.73. The Morgan fingerprint density at radius 1 is 0.944 bits per heavy atom. The number of rotatable bonds is 9. The first-order valence-electron chi connectivity index (χ1n) is 11.1. The molecule has 0 spiro atoms. The normalized spacial score (nSPS) is 10.7. The van der Waals surface area contributed by atoms with E-state index in [0.29, 0.717) is 34.2 Å². The van der Waals surface area contributed by atoms with Gasteiger partial charge in [-0.1, -0.05) is 18.2 Å². The number of methoxy groups -OCH3 is 2. The number of carbonyl (C=O) groups is 2. The Kier molecular flexibility index (Phi) is 8.68. The van der Waals surface area contributed by atoms with Gasteiger partial charge in [0, 0.05) is 11.4 Å². The highest BCUT2D eigenvalue weighted by Crippen LogP contribution is 2.29. The molecule has 8 nitrogen and oxygen atoms in total. The van der Waals surface area contributed by atoms with Gasteiger partial charge in [0.05, 0.1) is 14.2 Å². The quantitative estimate of drug-likeness (QED) is 0.330. The second kappa shape index (κ2) is 12.1. The molecule has 0 aliphatic heterocycles. The monoisotopic (exact) mass is 485 g/mol. The fourth-order valence-corrected chi connectivity index (χ4v) is 3.30. The smallest absolute Gasteiger partial charge is 0.266 e. The molecule has 36 heavy (non-hydrogen) atoms. The van der Waals surface area contributed by atoms with Crippen molar-refractivity contribution in [2.75, 3.05) is 31.5 Å². The highest BCUT2D eigenvalue weighted by Gasteiger charge is 2.13. The predicted molar refractivity (Wildman–Crippen MR) is 138 cm³/mol. The molecule has 0 heterocycles. The first-order valence-corrected chi connectivity index (χ1v) is 11.1. The Hall–Kier alpha value is -4.77. The molecular weight excluding hydrogens is 458 g/mol. The summed E-state index contributed by atoms with van der Waals surface area (Å²) in [4.78, 5) is 24.9. The fraction of sp³-hybridized carbons (Fsp3) is 0.179. The van der Waals surface area contributed by atoms with Crippen LogP contribution in [0.2, 0.25) is 0 Å². The molecule has 0 aromatic heterocycles. The molecule has 3 rings (SSSR count). The lowest BCUT2D eigenvalue weighted by atomic mass is 10.1. The molecule has 2 amide bonds. The predicted octanol–water partition coefficient (Wildman–Crippen LogP) is 4.88. The third kappa shape index (κ3) is 6.64. The third-order valence-corrected chi connectivity index (χ3v) is 5.45. The van der Waals surface area contributed by atoms with E-state index in [1.165, 1.54) is 13.2 Å². The second-order valence-electron chi connectivity index (χ2n) is 7.85. The Labute approximate surface area is 210 Å². The van der Waals surface area contributed by atoms with E-state index >= 15 is 0 Å². The SMILES string of the molecule is COc1ccc(NC(=O)COc2ccc(C=C(C#N)C(=O)Nc3cccc(C)c3C)cc2OC)cc1. The average molecular weight is 486 g/mol. The molecule has 0 fully saturated rings. The minimum Gasteiger partial charge on any atom is -0.497 e. The van der Waals surface area contributed by atoms with Gasteiger partial charge in [-0.05, 0) is 79.1 Å². The number of hydrogen-bond donors (Lipinski definition) is 2. The summed E-state index contributed by atoms with van der Waals surface area (Å²) in [6.45, 7) is 3.62. The number of hydrogen-bond acceptors (Lipinski definition) is 6. The van der Waals surface area contributed by atoms with Crippen molar-refractivity contribution >= 4 is 29.3 Å². The molecule has 3 aromatic rings. The molecule has 3 aromatic carbocycles. The minimum atomic E-state index is -0.513. The van der Waals surface area contributed by atoms with Crippen LogP contribution in [0.15, 0.2) is 66.2 Å². The van der Waals surface area contributed by atoms with Gasteiger partial charge < -0.3 is 24.8 Å². The zero-order valence-corrected chi connectivity index (χ0v) is 20.5. The van der Waals surface area contributed by atoms with Crippen molar-refractivity contribution in [3.05, 3.63) is 82.9 Å². The molecule has 2 N–H and O–H groups in total. The maximum atomic E-state index is 12.7. The molecule has 0 bridgehead atoms. The molecule has 0 unspecified atom stereocenters. The maximum absolute atomic E-state index is 12.7. The summed E-state index contributed by atoms with van der Waals surface area (Å²) in [5.74, 6) is 0.526. The summed E-state index contributed by atoms with van der Waals surface area (Å²) in [6, 6.07) is 19.4. The number of benzene rings is 3. The molecule has 0 saturated heterocycles. The van der Waals surface area contributed by atoms with Crippen LogP contribution < -0.4 is 24.8 Å². The Bertz CT molecular complexity index is 1320. The summed E-state index contributed by atoms with van der Waals surface area (Å²) >= 11 is 0. The Morgan fingerprint density at radius 3 is 2.36 bits per heavy atom. The molecular formula is C28H27N3O5. The van der Waals surface area contributed by atoms with Crippen LogP contribution in [0.25, 0.3) is 6.08 Å². The third-order valence-electron chi connectivity index (χ3n) is 5.45. The fourth-order valence-electron chi connectivity index (χ4n) is 3.30. The highest BCUT2D eigenvalue weighted by atomic mass is 16.5. The summed E-state index contributed by atoms with van der Waals surface area (Å²) in [6.07, 6.45) is 1.46. The van der Waals surface area contributed by atoms with Crippen LogP contribution in [-0.4, -0.2) is 32.6 Å². The lowest BCUT2D eigenvalue weighted by Gasteiger charge is -2.12. The van der Waals surface area contributed by atoms with Crippen molar-refractivity contribution in [3.8, 4) is 23.3 Å². The van der Waals surface area contributed by atoms with E-state index in [-0.39, 0.29) is 18.1 Å². The summed E-state index contributed by atoms with van der Waals surface area (Å²) in [7, 11) is 3.03. The van der Waals surface area contributed by atoms with Crippen LogP contribution >= 0.6 is 0 Å². The summed E-state index contributed by atoms with van der Waals surface area (Å²) < 4.78 is 16.1. The Balaban J connectivity index is 1.67. The van der Waals surface area contributed by atoms with Crippen molar-refractivity contribution in [1.29, 1.82) is 5.26 Å². The van der Waals surface area contributed by atoms with Gasteiger partial charge in [-0.25, -0.2) is 0 Å². The maximum Gasteiger partial charge on any atom is 0.266 e. The van der Waals surface area contributed by atoms with E-state index in [1.807, 2.05) is 32.0 Å². The molecule has 0 saturated carbocycles. The van der Waals surface area contributed by atoms with Crippen molar-refractivity contribution < 1.29 is 23.8 Å². The van der Waals surface area contributed by atoms with Gasteiger partial charge in [0.2, 0.25) is 0 Å². The highest BCUT2D eigenvalue weighted by molar-refractivity contribution is 6.10. The molecule has 0 aliphatic carbocycles. The van der Waals surface area contributed by atoms with Crippen LogP contribution in [0.4, 0.5) is 11.4 Å². The lowest BCUT2D eigenvalue weighted by molar-refractivity contribution is -0.118. The number of nitriles is 1. The average Bonchev–Trinajstić information content (AvgIpc) is 2.89. The van der Waals surface area contributed by atoms with Crippen molar-refractivity contribution in [1.82, 2.24) is 0 Å². The number of nitrogens with one attached hydrogen (secondary N) is 2.